The van der Waals surface area contributed by atoms with Crippen molar-refractivity contribution in [1.29, 1.82) is 0 Å². The van der Waals surface area contributed by atoms with Crippen molar-refractivity contribution in [3.8, 4) is 5.75 Å². The van der Waals surface area contributed by atoms with E-state index >= 15 is 0 Å². The molecule has 3 rings (SSSR count). The number of aromatic hydroxyl groups is 1. The maximum atomic E-state index is 9.92. The molecule has 0 atom stereocenters. The molecule has 18 heavy (non-hydrogen) atoms. The standard InChI is InChI=1S/C15H14N2O/c1-16-11-17(14-8-4-5-9-15(14)18)10-12-6-2-3-7-13(12)16/h2-10H,11H2,1H3/p+1. The van der Waals surface area contributed by atoms with E-state index in [9.17, 15) is 5.11 Å². The first-order chi connectivity index (χ1) is 8.75. The summed E-state index contributed by atoms with van der Waals surface area (Å²) in [5.41, 5.74) is 3.21. The molecule has 0 amide bonds. The molecule has 0 fully saturated rings. The SMILES string of the molecule is CN1C[N+](c2ccccc2O)=Cc2ccccc21. The first-order valence-corrected chi connectivity index (χ1v) is 5.95. The number of rotatable bonds is 1. The molecule has 2 aromatic rings. The summed E-state index contributed by atoms with van der Waals surface area (Å²) < 4.78 is 2.05. The topological polar surface area (TPSA) is 26.5 Å². The van der Waals surface area contributed by atoms with Gasteiger partial charge in [0, 0.05) is 13.1 Å². The first kappa shape index (κ1) is 10.8. The van der Waals surface area contributed by atoms with Crippen molar-refractivity contribution in [1.82, 2.24) is 0 Å². The van der Waals surface area contributed by atoms with Gasteiger partial charge in [-0.2, -0.15) is 4.58 Å². The number of phenolic OH excluding ortho intramolecular Hbond substituents is 1. The first-order valence-electron chi connectivity index (χ1n) is 5.95. The van der Waals surface area contributed by atoms with Crippen molar-refractivity contribution in [2.24, 2.45) is 0 Å². The Morgan fingerprint density at radius 2 is 1.78 bits per heavy atom. The molecule has 1 aliphatic heterocycles. The molecule has 1 N–H and O–H groups in total. The summed E-state index contributed by atoms with van der Waals surface area (Å²) in [6.45, 7) is 0.731. The predicted octanol–water partition coefficient (Wildman–Crippen LogP) is 2.56. The molecule has 1 heterocycles. The predicted molar refractivity (Wildman–Crippen MR) is 72.9 cm³/mol. The second-order valence-electron chi connectivity index (χ2n) is 4.49. The van der Waals surface area contributed by atoms with Crippen molar-refractivity contribution >= 4 is 17.6 Å². The monoisotopic (exact) mass is 239 g/mol. The van der Waals surface area contributed by atoms with E-state index in [0.29, 0.717) is 5.75 Å². The Morgan fingerprint density at radius 3 is 2.61 bits per heavy atom. The minimum absolute atomic E-state index is 0.307. The average Bonchev–Trinajstić information content (AvgIpc) is 2.39. The zero-order valence-corrected chi connectivity index (χ0v) is 10.2. The highest BCUT2D eigenvalue weighted by atomic mass is 16.3. The highest BCUT2D eigenvalue weighted by molar-refractivity contribution is 5.87. The molecule has 0 aromatic heterocycles. The molecule has 3 heteroatoms. The molecular weight excluding hydrogens is 224 g/mol. The number of benzene rings is 2. The van der Waals surface area contributed by atoms with Gasteiger partial charge < -0.3 is 10.0 Å². The summed E-state index contributed by atoms with van der Waals surface area (Å²) in [5.74, 6) is 0.307. The van der Waals surface area contributed by atoms with Gasteiger partial charge >= 0.3 is 0 Å². The van der Waals surface area contributed by atoms with E-state index in [1.807, 2.05) is 30.3 Å². The van der Waals surface area contributed by atoms with Gasteiger partial charge in [0.05, 0.1) is 11.3 Å². The van der Waals surface area contributed by atoms with E-state index in [4.69, 9.17) is 0 Å². The molecule has 0 unspecified atom stereocenters. The zero-order valence-electron chi connectivity index (χ0n) is 10.2. The van der Waals surface area contributed by atoms with Crippen LogP contribution < -0.4 is 4.90 Å². The van der Waals surface area contributed by atoms with E-state index < -0.39 is 0 Å². The molecule has 1 aliphatic rings. The second kappa shape index (κ2) is 4.18. The summed E-state index contributed by atoms with van der Waals surface area (Å²) >= 11 is 0. The molecule has 0 saturated carbocycles. The number of anilines is 1. The molecule has 0 aliphatic carbocycles. The molecule has 2 aromatic carbocycles. The van der Waals surface area contributed by atoms with Crippen molar-refractivity contribution in [2.45, 2.75) is 0 Å². The van der Waals surface area contributed by atoms with E-state index in [-0.39, 0.29) is 0 Å². The van der Waals surface area contributed by atoms with Crippen molar-refractivity contribution in [2.75, 3.05) is 18.6 Å². The van der Waals surface area contributed by atoms with E-state index in [1.54, 1.807) is 6.07 Å². The Labute approximate surface area is 106 Å². The third kappa shape index (κ3) is 1.74. The number of hydrogen-bond donors (Lipinski definition) is 1. The fraction of sp³-hybridized carbons (Fsp3) is 0.133. The van der Waals surface area contributed by atoms with Crippen LogP contribution in [0.3, 0.4) is 0 Å². The van der Waals surface area contributed by atoms with Crippen LogP contribution in [0.2, 0.25) is 0 Å². The Kier molecular flexibility index (Phi) is 2.52. The van der Waals surface area contributed by atoms with Gasteiger partial charge in [0.25, 0.3) is 0 Å². The van der Waals surface area contributed by atoms with E-state index in [0.717, 1.165) is 17.9 Å². The number of hydrogen-bond acceptors (Lipinski definition) is 2. The van der Waals surface area contributed by atoms with Crippen LogP contribution in [-0.2, 0) is 0 Å². The van der Waals surface area contributed by atoms with E-state index in [2.05, 4.69) is 34.9 Å². The highest BCUT2D eigenvalue weighted by Crippen LogP contribution is 2.29. The Morgan fingerprint density at radius 1 is 1.06 bits per heavy atom. The van der Waals surface area contributed by atoms with Gasteiger partial charge in [0.2, 0.25) is 12.4 Å². The molecule has 90 valence electrons. The number of fused-ring (bicyclic) bond motifs is 1. The van der Waals surface area contributed by atoms with Gasteiger partial charge in [-0.25, -0.2) is 0 Å². The van der Waals surface area contributed by atoms with Crippen molar-refractivity contribution < 1.29 is 9.68 Å². The minimum atomic E-state index is 0.307. The third-order valence-electron chi connectivity index (χ3n) is 3.20. The minimum Gasteiger partial charge on any atom is -0.502 e. The number of nitrogens with zero attached hydrogens (tertiary/aromatic N) is 2. The molecule has 0 saturated heterocycles. The van der Waals surface area contributed by atoms with Crippen LogP contribution >= 0.6 is 0 Å². The van der Waals surface area contributed by atoms with Crippen LogP contribution in [0.4, 0.5) is 11.4 Å². The third-order valence-corrected chi connectivity index (χ3v) is 3.20. The number of para-hydroxylation sites is 3. The lowest BCUT2D eigenvalue weighted by Crippen LogP contribution is -2.32. The summed E-state index contributed by atoms with van der Waals surface area (Å²) in [4.78, 5) is 2.17. The lowest BCUT2D eigenvalue weighted by atomic mass is 10.1. The Bertz CT molecular complexity index is 619. The van der Waals surface area contributed by atoms with Crippen molar-refractivity contribution in [3.63, 3.8) is 0 Å². The van der Waals surface area contributed by atoms with Crippen LogP contribution in [0.1, 0.15) is 5.56 Å². The van der Waals surface area contributed by atoms with Gasteiger partial charge in [-0.3, -0.25) is 0 Å². The van der Waals surface area contributed by atoms with Gasteiger partial charge in [0.1, 0.15) is 0 Å². The lowest BCUT2D eigenvalue weighted by Gasteiger charge is -2.23. The fourth-order valence-electron chi connectivity index (χ4n) is 2.31. The van der Waals surface area contributed by atoms with Gasteiger partial charge in [-0.05, 0) is 18.2 Å². The van der Waals surface area contributed by atoms with Crippen molar-refractivity contribution in [3.05, 3.63) is 54.1 Å². The molecule has 3 nitrogen and oxygen atoms in total. The largest absolute Gasteiger partial charge is 0.502 e. The summed E-state index contributed by atoms with van der Waals surface area (Å²) in [7, 11) is 2.05. The Balaban J connectivity index is 2.11. The molecule has 0 radical (unpaired) electrons. The average molecular weight is 239 g/mol. The van der Waals surface area contributed by atoms with Crippen LogP contribution in [0, 0.1) is 0 Å². The van der Waals surface area contributed by atoms with Crippen LogP contribution in [-0.4, -0.2) is 29.6 Å². The zero-order chi connectivity index (χ0) is 12.5. The van der Waals surface area contributed by atoms with E-state index in [1.165, 1.54) is 5.69 Å². The van der Waals surface area contributed by atoms with Gasteiger partial charge in [-0.15, -0.1) is 0 Å². The van der Waals surface area contributed by atoms with Crippen LogP contribution in [0.15, 0.2) is 48.5 Å². The van der Waals surface area contributed by atoms with Gasteiger partial charge in [-0.1, -0.05) is 24.3 Å². The smallest absolute Gasteiger partial charge is 0.248 e. The van der Waals surface area contributed by atoms with Gasteiger partial charge in [0.15, 0.2) is 12.0 Å². The summed E-state index contributed by atoms with van der Waals surface area (Å²) in [5, 5.41) is 9.92. The quantitative estimate of drug-likeness (QED) is 0.774. The maximum Gasteiger partial charge on any atom is 0.248 e. The summed E-state index contributed by atoms with van der Waals surface area (Å²) in [6, 6.07) is 15.7. The Hall–Kier alpha value is -2.29. The molecule has 0 spiro atoms. The van der Waals surface area contributed by atoms with Crippen LogP contribution in [0.25, 0.3) is 0 Å². The maximum absolute atomic E-state index is 9.92. The fourth-order valence-corrected chi connectivity index (χ4v) is 2.31. The normalized spacial score (nSPS) is 14.1. The second-order valence-corrected chi connectivity index (χ2v) is 4.49. The van der Waals surface area contributed by atoms with Crippen LogP contribution in [0.5, 0.6) is 5.75 Å². The molecular formula is C15H15N2O+. The highest BCUT2D eigenvalue weighted by Gasteiger charge is 2.23. The molecule has 0 bridgehead atoms. The summed E-state index contributed by atoms with van der Waals surface area (Å²) in [6.07, 6.45) is 2.07. The number of phenols is 1. The lowest BCUT2D eigenvalue weighted by molar-refractivity contribution is -0.436.